The fourth-order valence-corrected chi connectivity index (χ4v) is 2.37. The number of rotatable bonds is 4. The van der Waals surface area contributed by atoms with Crippen LogP contribution in [0, 0.1) is 17.2 Å². The Labute approximate surface area is 107 Å². The summed E-state index contributed by atoms with van der Waals surface area (Å²) in [7, 11) is 0. The number of carbonyl (C=O) groups is 1. The molecule has 4 nitrogen and oxygen atoms in total. The van der Waals surface area contributed by atoms with E-state index in [-0.39, 0.29) is 5.91 Å². The quantitative estimate of drug-likeness (QED) is 0.882. The van der Waals surface area contributed by atoms with Gasteiger partial charge in [-0.2, -0.15) is 5.26 Å². The van der Waals surface area contributed by atoms with Gasteiger partial charge in [0.2, 0.25) is 0 Å². The third-order valence-corrected chi connectivity index (χ3v) is 3.44. The van der Waals surface area contributed by atoms with Gasteiger partial charge in [-0.25, -0.2) is 4.98 Å². The average molecular weight is 243 g/mol. The van der Waals surface area contributed by atoms with E-state index in [1.807, 2.05) is 6.07 Å². The van der Waals surface area contributed by atoms with Crippen LogP contribution in [0.4, 0.5) is 0 Å². The second-order valence-corrected chi connectivity index (χ2v) is 4.74. The Kier molecular flexibility index (Phi) is 4.30. The topological polar surface area (TPSA) is 65.8 Å². The predicted molar refractivity (Wildman–Crippen MR) is 67.9 cm³/mol. The van der Waals surface area contributed by atoms with Crippen LogP contribution in [0.1, 0.15) is 48.2 Å². The SMILES string of the molecule is N#Cc1ccc(C(=O)NCCC2CCCC2)nc1. The molecule has 0 atom stereocenters. The van der Waals surface area contributed by atoms with Crippen LogP contribution in [-0.2, 0) is 0 Å². The highest BCUT2D eigenvalue weighted by atomic mass is 16.1. The zero-order valence-corrected chi connectivity index (χ0v) is 10.4. The summed E-state index contributed by atoms with van der Waals surface area (Å²) in [5.41, 5.74) is 0.845. The molecule has 0 unspecified atom stereocenters. The van der Waals surface area contributed by atoms with E-state index in [2.05, 4.69) is 10.3 Å². The van der Waals surface area contributed by atoms with E-state index >= 15 is 0 Å². The highest BCUT2D eigenvalue weighted by Crippen LogP contribution is 2.26. The zero-order chi connectivity index (χ0) is 12.8. The smallest absolute Gasteiger partial charge is 0.269 e. The van der Waals surface area contributed by atoms with E-state index in [9.17, 15) is 4.79 Å². The van der Waals surface area contributed by atoms with Crippen molar-refractivity contribution >= 4 is 5.91 Å². The molecule has 4 heteroatoms. The van der Waals surface area contributed by atoms with Gasteiger partial charge in [0.25, 0.3) is 5.91 Å². The summed E-state index contributed by atoms with van der Waals surface area (Å²) < 4.78 is 0. The van der Waals surface area contributed by atoms with Crippen LogP contribution in [0.5, 0.6) is 0 Å². The number of amides is 1. The third kappa shape index (κ3) is 3.30. The molecule has 0 saturated heterocycles. The van der Waals surface area contributed by atoms with Gasteiger partial charge in [0.05, 0.1) is 5.56 Å². The van der Waals surface area contributed by atoms with Crippen molar-refractivity contribution in [3.05, 3.63) is 29.6 Å². The minimum Gasteiger partial charge on any atom is -0.351 e. The van der Waals surface area contributed by atoms with E-state index in [1.165, 1.54) is 31.9 Å². The van der Waals surface area contributed by atoms with Crippen LogP contribution in [-0.4, -0.2) is 17.4 Å². The van der Waals surface area contributed by atoms with E-state index in [1.54, 1.807) is 12.1 Å². The molecule has 1 amide bonds. The maximum Gasteiger partial charge on any atom is 0.269 e. The largest absolute Gasteiger partial charge is 0.351 e. The number of aromatic nitrogens is 1. The molecular weight excluding hydrogens is 226 g/mol. The van der Waals surface area contributed by atoms with Crippen molar-refractivity contribution in [3.63, 3.8) is 0 Å². The number of nitriles is 1. The van der Waals surface area contributed by atoms with Crippen LogP contribution in [0.25, 0.3) is 0 Å². The van der Waals surface area contributed by atoms with Crippen LogP contribution in [0.15, 0.2) is 18.3 Å². The molecule has 2 rings (SSSR count). The summed E-state index contributed by atoms with van der Waals surface area (Å²) in [4.78, 5) is 15.7. The first-order chi connectivity index (χ1) is 8.79. The molecule has 1 heterocycles. The van der Waals surface area contributed by atoms with E-state index in [4.69, 9.17) is 5.26 Å². The fraction of sp³-hybridized carbons (Fsp3) is 0.500. The summed E-state index contributed by atoms with van der Waals surface area (Å²) in [6.07, 6.45) is 7.73. The Morgan fingerprint density at radius 3 is 2.83 bits per heavy atom. The van der Waals surface area contributed by atoms with Crippen molar-refractivity contribution in [1.29, 1.82) is 5.26 Å². The van der Waals surface area contributed by atoms with Gasteiger partial charge in [-0.3, -0.25) is 4.79 Å². The molecule has 1 aromatic heterocycles. The summed E-state index contributed by atoms with van der Waals surface area (Å²) in [5, 5.41) is 11.5. The minimum atomic E-state index is -0.155. The number of hydrogen-bond acceptors (Lipinski definition) is 3. The van der Waals surface area contributed by atoms with Gasteiger partial charge >= 0.3 is 0 Å². The molecule has 0 spiro atoms. The molecule has 1 aromatic rings. The first-order valence-corrected chi connectivity index (χ1v) is 6.44. The Morgan fingerprint density at radius 2 is 2.22 bits per heavy atom. The first-order valence-electron chi connectivity index (χ1n) is 6.44. The molecule has 0 aliphatic heterocycles. The van der Waals surface area contributed by atoms with Crippen LogP contribution in [0.2, 0.25) is 0 Å². The molecule has 0 radical (unpaired) electrons. The van der Waals surface area contributed by atoms with Gasteiger partial charge in [-0.1, -0.05) is 25.7 Å². The highest BCUT2D eigenvalue weighted by molar-refractivity contribution is 5.92. The van der Waals surface area contributed by atoms with Gasteiger partial charge in [0.15, 0.2) is 0 Å². The third-order valence-electron chi connectivity index (χ3n) is 3.44. The van der Waals surface area contributed by atoms with Crippen molar-refractivity contribution in [3.8, 4) is 6.07 Å². The molecule has 1 saturated carbocycles. The maximum atomic E-state index is 11.8. The second kappa shape index (κ2) is 6.15. The van der Waals surface area contributed by atoms with Gasteiger partial charge in [0.1, 0.15) is 11.8 Å². The number of nitrogens with zero attached hydrogens (tertiary/aromatic N) is 2. The van der Waals surface area contributed by atoms with E-state index in [0.717, 1.165) is 12.3 Å². The Bertz CT molecular complexity index is 441. The molecule has 18 heavy (non-hydrogen) atoms. The lowest BCUT2D eigenvalue weighted by atomic mass is 10.0. The lowest BCUT2D eigenvalue weighted by Crippen LogP contribution is -2.26. The monoisotopic (exact) mass is 243 g/mol. The van der Waals surface area contributed by atoms with Crippen LogP contribution in [0.3, 0.4) is 0 Å². The molecule has 1 aliphatic carbocycles. The normalized spacial score (nSPS) is 15.3. The second-order valence-electron chi connectivity index (χ2n) is 4.74. The summed E-state index contributed by atoms with van der Waals surface area (Å²) in [6, 6.07) is 5.18. The zero-order valence-electron chi connectivity index (χ0n) is 10.4. The Balaban J connectivity index is 1.78. The molecule has 94 valence electrons. The van der Waals surface area contributed by atoms with Crippen molar-refractivity contribution in [2.75, 3.05) is 6.54 Å². The molecule has 0 bridgehead atoms. The predicted octanol–water partition coefficient (Wildman–Crippen LogP) is 2.26. The van der Waals surface area contributed by atoms with Crippen molar-refractivity contribution in [2.45, 2.75) is 32.1 Å². The number of carbonyl (C=O) groups excluding carboxylic acids is 1. The summed E-state index contributed by atoms with van der Waals surface area (Å²) >= 11 is 0. The molecular formula is C14H17N3O. The fourth-order valence-electron chi connectivity index (χ4n) is 2.37. The first kappa shape index (κ1) is 12.6. The highest BCUT2D eigenvalue weighted by Gasteiger charge is 2.15. The minimum absolute atomic E-state index is 0.155. The van der Waals surface area contributed by atoms with Gasteiger partial charge in [-0.15, -0.1) is 0 Å². The Morgan fingerprint density at radius 1 is 1.44 bits per heavy atom. The number of pyridine rings is 1. The molecule has 1 aliphatic rings. The lowest BCUT2D eigenvalue weighted by Gasteiger charge is -2.09. The standard InChI is InChI=1S/C14H17N3O/c15-9-12-5-6-13(17-10-12)14(18)16-8-7-11-3-1-2-4-11/h5-6,10-11H,1-4,7-8H2,(H,16,18). The average Bonchev–Trinajstić information content (AvgIpc) is 2.92. The van der Waals surface area contributed by atoms with E-state index in [0.29, 0.717) is 17.8 Å². The van der Waals surface area contributed by atoms with Crippen LogP contribution < -0.4 is 5.32 Å². The molecule has 0 aromatic carbocycles. The maximum absolute atomic E-state index is 11.8. The summed E-state index contributed by atoms with van der Waals surface area (Å²) in [6.45, 7) is 0.713. The van der Waals surface area contributed by atoms with E-state index < -0.39 is 0 Å². The lowest BCUT2D eigenvalue weighted by molar-refractivity contribution is 0.0946. The molecule has 1 fully saturated rings. The van der Waals surface area contributed by atoms with Crippen LogP contribution >= 0.6 is 0 Å². The number of nitrogens with one attached hydrogen (secondary N) is 1. The van der Waals surface area contributed by atoms with Crippen molar-refractivity contribution < 1.29 is 4.79 Å². The van der Waals surface area contributed by atoms with Gasteiger partial charge < -0.3 is 5.32 Å². The molecule has 1 N–H and O–H groups in total. The van der Waals surface area contributed by atoms with Crippen molar-refractivity contribution in [2.24, 2.45) is 5.92 Å². The van der Waals surface area contributed by atoms with Gasteiger partial charge in [0, 0.05) is 12.7 Å². The number of hydrogen-bond donors (Lipinski definition) is 1. The van der Waals surface area contributed by atoms with Crippen molar-refractivity contribution in [1.82, 2.24) is 10.3 Å². The van der Waals surface area contributed by atoms with Gasteiger partial charge in [-0.05, 0) is 24.5 Å². The Hall–Kier alpha value is -1.89. The summed E-state index contributed by atoms with van der Waals surface area (Å²) in [5.74, 6) is 0.622.